The van der Waals surface area contributed by atoms with Crippen LogP contribution in [0.4, 0.5) is 0 Å². The van der Waals surface area contributed by atoms with Gasteiger partial charge in [0, 0.05) is 25.8 Å². The van der Waals surface area contributed by atoms with Crippen molar-refractivity contribution in [1.82, 2.24) is 10.6 Å². The minimum absolute atomic E-state index is 0.108. The molecule has 1 fully saturated rings. The van der Waals surface area contributed by atoms with E-state index >= 15 is 0 Å². The van der Waals surface area contributed by atoms with E-state index < -0.39 is 0 Å². The molecule has 0 aromatic heterocycles. The van der Waals surface area contributed by atoms with Gasteiger partial charge in [-0.25, -0.2) is 0 Å². The number of carbonyl (C=O) groups excluding carboxylic acids is 3. The van der Waals surface area contributed by atoms with E-state index in [0.717, 1.165) is 25.7 Å². The van der Waals surface area contributed by atoms with Crippen LogP contribution in [0, 0.1) is 0 Å². The number of nitrogens with one attached hydrogen (secondary N) is 2. The average Bonchev–Trinajstić information content (AvgIpc) is 2.44. The summed E-state index contributed by atoms with van der Waals surface area (Å²) < 4.78 is 0. The number of carbonyl (C=O) groups is 3. The summed E-state index contributed by atoms with van der Waals surface area (Å²) in [6, 6.07) is -0.418. The second-order valence-corrected chi connectivity index (χ2v) is 5.85. The van der Waals surface area contributed by atoms with Crippen molar-refractivity contribution < 1.29 is 14.4 Å². The molecule has 2 unspecified atom stereocenters. The molecule has 0 aromatic rings. The summed E-state index contributed by atoms with van der Waals surface area (Å²) in [5, 5.41) is 6.18. The van der Waals surface area contributed by atoms with Gasteiger partial charge in [0.15, 0.2) is 5.78 Å². The Kier molecular flexibility index (Phi) is 8.38. The Bertz CT molecular complexity index is 369. The van der Waals surface area contributed by atoms with Crippen LogP contribution in [-0.4, -0.2) is 43.0 Å². The van der Waals surface area contributed by atoms with Crippen LogP contribution in [0.15, 0.2) is 0 Å². The zero-order valence-corrected chi connectivity index (χ0v) is 13.2. The molecule has 0 aromatic carbocycles. The van der Waals surface area contributed by atoms with Crippen molar-refractivity contribution in [1.29, 1.82) is 0 Å². The SMILES string of the molecule is CNC1CCC(=O)CCCCCC(C(C)=O)NCCC1=O. The second kappa shape index (κ2) is 9.79. The van der Waals surface area contributed by atoms with Gasteiger partial charge in [0.2, 0.25) is 0 Å². The lowest BCUT2D eigenvalue weighted by atomic mass is 9.98. The Hall–Kier alpha value is -1.07. The van der Waals surface area contributed by atoms with Gasteiger partial charge in [0.05, 0.1) is 12.1 Å². The van der Waals surface area contributed by atoms with Gasteiger partial charge in [-0.15, -0.1) is 0 Å². The molecule has 5 heteroatoms. The van der Waals surface area contributed by atoms with Crippen LogP contribution < -0.4 is 10.6 Å². The van der Waals surface area contributed by atoms with E-state index in [0.29, 0.717) is 32.2 Å². The van der Waals surface area contributed by atoms with Crippen LogP contribution in [0.25, 0.3) is 0 Å². The van der Waals surface area contributed by atoms with E-state index in [-0.39, 0.29) is 29.4 Å². The van der Waals surface area contributed by atoms with Crippen LogP contribution in [-0.2, 0) is 14.4 Å². The molecule has 0 aliphatic carbocycles. The van der Waals surface area contributed by atoms with Gasteiger partial charge < -0.3 is 10.6 Å². The molecule has 2 N–H and O–H groups in total. The van der Waals surface area contributed by atoms with Crippen molar-refractivity contribution in [2.24, 2.45) is 0 Å². The van der Waals surface area contributed by atoms with Crippen molar-refractivity contribution in [3.63, 3.8) is 0 Å². The molecular weight excluding hydrogens is 268 g/mol. The molecule has 5 nitrogen and oxygen atoms in total. The average molecular weight is 296 g/mol. The molecule has 21 heavy (non-hydrogen) atoms. The zero-order chi connectivity index (χ0) is 15.7. The third-order valence-corrected chi connectivity index (χ3v) is 4.15. The first-order valence-electron chi connectivity index (χ1n) is 8.00. The number of likely N-dealkylation sites (N-methyl/N-ethyl adjacent to an activating group) is 1. The van der Waals surface area contributed by atoms with E-state index in [9.17, 15) is 14.4 Å². The van der Waals surface area contributed by atoms with Crippen molar-refractivity contribution in [3.8, 4) is 0 Å². The quantitative estimate of drug-likeness (QED) is 0.805. The number of ketones is 3. The molecule has 1 aliphatic rings. The normalized spacial score (nSPS) is 27.1. The van der Waals surface area contributed by atoms with Crippen LogP contribution in [0.1, 0.15) is 58.3 Å². The third-order valence-electron chi connectivity index (χ3n) is 4.15. The van der Waals surface area contributed by atoms with Gasteiger partial charge in [-0.2, -0.15) is 0 Å². The second-order valence-electron chi connectivity index (χ2n) is 5.85. The molecule has 0 amide bonds. The lowest BCUT2D eigenvalue weighted by molar-refractivity contribution is -0.123. The molecule has 0 spiro atoms. The molecule has 0 radical (unpaired) electrons. The Balaban J connectivity index is 2.61. The minimum Gasteiger partial charge on any atom is -0.311 e. The van der Waals surface area contributed by atoms with Crippen molar-refractivity contribution >= 4 is 17.3 Å². The Labute approximate surface area is 127 Å². The largest absolute Gasteiger partial charge is 0.311 e. The highest BCUT2D eigenvalue weighted by Gasteiger charge is 2.19. The fraction of sp³-hybridized carbons (Fsp3) is 0.812. The van der Waals surface area contributed by atoms with Gasteiger partial charge >= 0.3 is 0 Å². The Morgan fingerprint density at radius 1 is 1.10 bits per heavy atom. The number of rotatable bonds is 2. The molecule has 0 saturated carbocycles. The Morgan fingerprint density at radius 2 is 1.86 bits per heavy atom. The molecule has 1 aliphatic heterocycles. The minimum atomic E-state index is -0.255. The van der Waals surface area contributed by atoms with E-state index in [2.05, 4.69) is 10.6 Å². The standard InChI is InChI=1S/C16H28N2O3/c1-12(19)14-7-5-3-4-6-13(20)8-9-15(17-2)16(21)10-11-18-14/h14-15,17-18H,3-11H2,1-2H3. The fourth-order valence-corrected chi connectivity index (χ4v) is 2.74. The van der Waals surface area contributed by atoms with Crippen molar-refractivity contribution in [3.05, 3.63) is 0 Å². The van der Waals surface area contributed by atoms with E-state index in [1.807, 2.05) is 0 Å². The van der Waals surface area contributed by atoms with Crippen LogP contribution in [0.2, 0.25) is 0 Å². The maximum Gasteiger partial charge on any atom is 0.151 e. The molecule has 1 saturated heterocycles. The number of hydrogen-bond acceptors (Lipinski definition) is 5. The third kappa shape index (κ3) is 6.96. The predicted molar refractivity (Wildman–Crippen MR) is 82.3 cm³/mol. The molecule has 1 heterocycles. The van der Waals surface area contributed by atoms with Crippen molar-refractivity contribution in [2.45, 2.75) is 70.4 Å². The van der Waals surface area contributed by atoms with E-state index in [1.165, 1.54) is 0 Å². The summed E-state index contributed by atoms with van der Waals surface area (Å²) >= 11 is 0. The van der Waals surface area contributed by atoms with Gasteiger partial charge in [-0.05, 0) is 33.2 Å². The number of hydrogen-bond donors (Lipinski definition) is 2. The number of Topliss-reactive ketones (excluding diaryl/α,β-unsaturated/α-hetero) is 3. The van der Waals surface area contributed by atoms with Crippen LogP contribution in [0.3, 0.4) is 0 Å². The first-order chi connectivity index (χ1) is 10.0. The van der Waals surface area contributed by atoms with Crippen LogP contribution in [0.5, 0.6) is 0 Å². The zero-order valence-electron chi connectivity index (χ0n) is 13.2. The highest BCUT2D eigenvalue weighted by atomic mass is 16.1. The van der Waals surface area contributed by atoms with Gasteiger partial charge in [-0.3, -0.25) is 14.4 Å². The molecule has 120 valence electrons. The maximum atomic E-state index is 12.1. The smallest absolute Gasteiger partial charge is 0.151 e. The van der Waals surface area contributed by atoms with Crippen LogP contribution >= 0.6 is 0 Å². The maximum absolute atomic E-state index is 12.1. The molecular formula is C16H28N2O3. The van der Waals surface area contributed by atoms with Gasteiger partial charge in [-0.1, -0.05) is 12.8 Å². The topological polar surface area (TPSA) is 75.3 Å². The Morgan fingerprint density at radius 3 is 2.52 bits per heavy atom. The van der Waals surface area contributed by atoms with Gasteiger partial charge in [0.25, 0.3) is 0 Å². The predicted octanol–water partition coefficient (Wildman–Crippen LogP) is 1.39. The highest BCUT2D eigenvalue weighted by Crippen LogP contribution is 2.11. The summed E-state index contributed by atoms with van der Waals surface area (Å²) in [5.41, 5.74) is 0. The summed E-state index contributed by atoms with van der Waals surface area (Å²) in [7, 11) is 1.75. The lowest BCUT2D eigenvalue weighted by Crippen LogP contribution is -2.40. The summed E-state index contributed by atoms with van der Waals surface area (Å²) in [6.07, 6.45) is 5.61. The summed E-state index contributed by atoms with van der Waals surface area (Å²) in [4.78, 5) is 35.5. The molecule has 0 bridgehead atoms. The van der Waals surface area contributed by atoms with Gasteiger partial charge in [0.1, 0.15) is 11.6 Å². The highest BCUT2D eigenvalue weighted by molar-refractivity contribution is 5.86. The van der Waals surface area contributed by atoms with E-state index in [1.54, 1.807) is 14.0 Å². The monoisotopic (exact) mass is 296 g/mol. The first kappa shape index (κ1) is 18.0. The lowest BCUT2D eigenvalue weighted by Gasteiger charge is -2.18. The molecule has 2 atom stereocenters. The summed E-state index contributed by atoms with van der Waals surface area (Å²) in [5.74, 6) is 0.467. The van der Waals surface area contributed by atoms with Crippen molar-refractivity contribution in [2.75, 3.05) is 13.6 Å². The van der Waals surface area contributed by atoms with E-state index in [4.69, 9.17) is 0 Å². The fourth-order valence-electron chi connectivity index (χ4n) is 2.74. The first-order valence-corrected chi connectivity index (χ1v) is 8.00. The molecule has 1 rings (SSSR count). The summed E-state index contributed by atoms with van der Waals surface area (Å²) in [6.45, 7) is 2.11.